The van der Waals surface area contributed by atoms with Gasteiger partial charge in [0.1, 0.15) is 0 Å². The zero-order chi connectivity index (χ0) is 12.9. The number of hydrogen-bond donors (Lipinski definition) is 0. The lowest BCUT2D eigenvalue weighted by molar-refractivity contribution is 0.416. The number of nitrogens with zero attached hydrogens (tertiary/aromatic N) is 3. The van der Waals surface area contributed by atoms with E-state index < -0.39 is 15.3 Å². The molecule has 0 N–H and O–H groups in total. The third-order valence-corrected chi connectivity index (χ3v) is 4.51. The van der Waals surface area contributed by atoms with Crippen LogP contribution >= 0.6 is 0 Å². The van der Waals surface area contributed by atoms with Crippen molar-refractivity contribution in [2.45, 2.75) is 25.6 Å². The van der Waals surface area contributed by atoms with Crippen molar-refractivity contribution in [3.63, 3.8) is 0 Å². The molecular formula is C11H15N3O2S. The molecule has 0 aliphatic heterocycles. The Morgan fingerprint density at radius 2 is 2.24 bits per heavy atom. The fourth-order valence-corrected chi connectivity index (χ4v) is 2.60. The molecule has 0 radical (unpaired) electrons. The maximum Gasteiger partial charge on any atom is 0.230 e. The van der Waals surface area contributed by atoms with Gasteiger partial charge in [0.15, 0.2) is 5.25 Å². The number of pyridine rings is 1. The number of aromatic nitrogens is 1. The van der Waals surface area contributed by atoms with Gasteiger partial charge in [-0.1, -0.05) is 13.0 Å². The molecule has 92 valence electrons. The van der Waals surface area contributed by atoms with Crippen molar-refractivity contribution in [1.29, 1.82) is 5.26 Å². The molecule has 1 rings (SSSR count). The van der Waals surface area contributed by atoms with Gasteiger partial charge in [0.05, 0.1) is 18.3 Å². The molecule has 1 aromatic heterocycles. The molecule has 0 spiro atoms. The highest BCUT2D eigenvalue weighted by molar-refractivity contribution is 7.89. The standard InChI is InChI=1S/C11H15N3O2S/c1-3-14(17(15,16)10(2)8-12)9-11-6-4-5-7-13-11/h4-7,10H,3,9H2,1-2H3. The lowest BCUT2D eigenvalue weighted by atomic mass is 10.3. The normalized spacial score (nSPS) is 13.3. The topological polar surface area (TPSA) is 74.1 Å². The first kappa shape index (κ1) is 13.6. The van der Waals surface area contributed by atoms with Crippen LogP contribution in [0.5, 0.6) is 0 Å². The molecule has 0 bridgehead atoms. The zero-order valence-electron chi connectivity index (χ0n) is 9.87. The SMILES string of the molecule is CCN(Cc1ccccn1)S(=O)(=O)C(C)C#N. The molecule has 1 aromatic rings. The number of sulfonamides is 1. The summed E-state index contributed by atoms with van der Waals surface area (Å²) in [7, 11) is -3.57. The molecule has 0 aromatic carbocycles. The van der Waals surface area contributed by atoms with Crippen LogP contribution in [0.15, 0.2) is 24.4 Å². The first-order chi connectivity index (χ1) is 8.02. The smallest absolute Gasteiger partial charge is 0.230 e. The van der Waals surface area contributed by atoms with Gasteiger partial charge in [0.25, 0.3) is 0 Å². The van der Waals surface area contributed by atoms with E-state index in [-0.39, 0.29) is 6.54 Å². The first-order valence-electron chi connectivity index (χ1n) is 5.30. The van der Waals surface area contributed by atoms with Gasteiger partial charge in [-0.05, 0) is 19.1 Å². The Labute approximate surface area is 102 Å². The summed E-state index contributed by atoms with van der Waals surface area (Å²) in [6, 6.07) is 7.09. The van der Waals surface area contributed by atoms with E-state index >= 15 is 0 Å². The van der Waals surface area contributed by atoms with Crippen molar-refractivity contribution in [1.82, 2.24) is 9.29 Å². The minimum absolute atomic E-state index is 0.200. The molecule has 1 atom stereocenters. The molecule has 6 heteroatoms. The van der Waals surface area contributed by atoms with Gasteiger partial charge < -0.3 is 0 Å². The molecule has 0 aliphatic rings. The average molecular weight is 253 g/mol. The molecule has 0 saturated heterocycles. The van der Waals surface area contributed by atoms with Crippen molar-refractivity contribution >= 4 is 10.0 Å². The van der Waals surface area contributed by atoms with Crippen LogP contribution in [0.1, 0.15) is 19.5 Å². The van der Waals surface area contributed by atoms with Crippen LogP contribution in [0.25, 0.3) is 0 Å². The van der Waals surface area contributed by atoms with Gasteiger partial charge in [0, 0.05) is 12.7 Å². The van der Waals surface area contributed by atoms with Gasteiger partial charge >= 0.3 is 0 Å². The van der Waals surface area contributed by atoms with Crippen molar-refractivity contribution in [3.05, 3.63) is 30.1 Å². The highest BCUT2D eigenvalue weighted by atomic mass is 32.2. The van der Waals surface area contributed by atoms with Crippen LogP contribution in [0, 0.1) is 11.3 Å². The largest absolute Gasteiger partial charge is 0.260 e. The van der Waals surface area contributed by atoms with Crippen LogP contribution < -0.4 is 0 Å². The van der Waals surface area contributed by atoms with Gasteiger partial charge in [-0.3, -0.25) is 4.98 Å². The highest BCUT2D eigenvalue weighted by Gasteiger charge is 2.27. The molecule has 0 saturated carbocycles. The molecule has 1 unspecified atom stereocenters. The summed E-state index contributed by atoms with van der Waals surface area (Å²) in [5.41, 5.74) is 0.670. The van der Waals surface area contributed by atoms with Gasteiger partial charge in [-0.25, -0.2) is 8.42 Å². The third-order valence-electron chi connectivity index (χ3n) is 2.41. The van der Waals surface area contributed by atoms with Gasteiger partial charge in [-0.15, -0.1) is 0 Å². The molecular weight excluding hydrogens is 238 g/mol. The highest BCUT2D eigenvalue weighted by Crippen LogP contribution is 2.11. The third kappa shape index (κ3) is 3.25. The van der Waals surface area contributed by atoms with Crippen molar-refractivity contribution in [2.75, 3.05) is 6.54 Å². The van der Waals surface area contributed by atoms with E-state index in [2.05, 4.69) is 4.98 Å². The molecule has 0 fully saturated rings. The number of rotatable bonds is 5. The van der Waals surface area contributed by atoms with E-state index in [1.807, 2.05) is 0 Å². The fourth-order valence-electron chi connectivity index (χ4n) is 1.34. The second-order valence-corrected chi connectivity index (χ2v) is 5.82. The molecule has 0 amide bonds. The Balaban J connectivity index is 2.91. The van der Waals surface area contributed by atoms with Gasteiger partial charge in [0.2, 0.25) is 10.0 Å². The molecule has 5 nitrogen and oxygen atoms in total. The van der Waals surface area contributed by atoms with E-state index in [1.165, 1.54) is 11.2 Å². The Hall–Kier alpha value is -1.45. The summed E-state index contributed by atoms with van der Waals surface area (Å²) in [5, 5.41) is 7.67. The maximum absolute atomic E-state index is 12.0. The Bertz CT molecular complexity index is 493. The second-order valence-electron chi connectivity index (χ2n) is 3.56. The number of nitriles is 1. The average Bonchev–Trinajstić information content (AvgIpc) is 2.35. The second kappa shape index (κ2) is 5.75. The predicted molar refractivity (Wildman–Crippen MR) is 64.3 cm³/mol. The van der Waals surface area contributed by atoms with Gasteiger partial charge in [-0.2, -0.15) is 9.57 Å². The molecule has 1 heterocycles. The van der Waals surface area contributed by atoms with Crippen LogP contribution in [0.3, 0.4) is 0 Å². The zero-order valence-corrected chi connectivity index (χ0v) is 10.7. The summed E-state index contributed by atoms with van der Waals surface area (Å²) in [4.78, 5) is 4.08. The quantitative estimate of drug-likeness (QED) is 0.788. The summed E-state index contributed by atoms with van der Waals surface area (Å²) in [6.07, 6.45) is 1.61. The van der Waals surface area contributed by atoms with E-state index in [9.17, 15) is 8.42 Å². The Morgan fingerprint density at radius 3 is 2.71 bits per heavy atom. The fraction of sp³-hybridized carbons (Fsp3) is 0.455. The molecule has 17 heavy (non-hydrogen) atoms. The van der Waals surface area contributed by atoms with Crippen LogP contribution in [0.4, 0.5) is 0 Å². The van der Waals surface area contributed by atoms with Crippen molar-refractivity contribution in [2.24, 2.45) is 0 Å². The van der Waals surface area contributed by atoms with Crippen LogP contribution in [-0.2, 0) is 16.6 Å². The van der Waals surface area contributed by atoms with Crippen LogP contribution in [-0.4, -0.2) is 29.5 Å². The Morgan fingerprint density at radius 1 is 1.53 bits per heavy atom. The summed E-state index contributed by atoms with van der Waals surface area (Å²) < 4.78 is 25.2. The molecule has 0 aliphatic carbocycles. The number of hydrogen-bond acceptors (Lipinski definition) is 4. The first-order valence-corrected chi connectivity index (χ1v) is 6.81. The van der Waals surface area contributed by atoms with E-state index in [1.54, 1.807) is 37.4 Å². The van der Waals surface area contributed by atoms with Crippen molar-refractivity contribution in [3.8, 4) is 6.07 Å². The summed E-state index contributed by atoms with van der Waals surface area (Å²) in [6.45, 7) is 3.65. The summed E-state index contributed by atoms with van der Waals surface area (Å²) in [5.74, 6) is 0. The van der Waals surface area contributed by atoms with E-state index in [0.29, 0.717) is 12.2 Å². The monoisotopic (exact) mass is 253 g/mol. The minimum atomic E-state index is -3.57. The maximum atomic E-state index is 12.0. The Kier molecular flexibility index (Phi) is 4.61. The predicted octanol–water partition coefficient (Wildman–Crippen LogP) is 1.15. The van der Waals surface area contributed by atoms with Crippen LogP contribution in [0.2, 0.25) is 0 Å². The lowest BCUT2D eigenvalue weighted by Gasteiger charge is -2.21. The van der Waals surface area contributed by atoms with E-state index in [4.69, 9.17) is 5.26 Å². The van der Waals surface area contributed by atoms with E-state index in [0.717, 1.165) is 0 Å². The summed E-state index contributed by atoms with van der Waals surface area (Å²) >= 11 is 0. The van der Waals surface area contributed by atoms with Crippen molar-refractivity contribution < 1.29 is 8.42 Å². The minimum Gasteiger partial charge on any atom is -0.260 e. The lowest BCUT2D eigenvalue weighted by Crippen LogP contribution is -2.36.